The Morgan fingerprint density at radius 2 is 1.85 bits per heavy atom. The summed E-state index contributed by atoms with van der Waals surface area (Å²) in [5.41, 5.74) is 4.53. The van der Waals surface area contributed by atoms with Gasteiger partial charge in [0, 0.05) is 5.69 Å². The molecular weight excluding hydrogens is 324 g/mol. The Balaban J connectivity index is 1.88. The monoisotopic (exact) mass is 346 g/mol. The Bertz CT molecular complexity index is 1040. The van der Waals surface area contributed by atoms with Crippen LogP contribution in [0.5, 0.6) is 0 Å². The van der Waals surface area contributed by atoms with Crippen LogP contribution in [0.15, 0.2) is 48.2 Å². The Kier molecular flexibility index (Phi) is 3.44. The molecule has 0 saturated carbocycles. The molecule has 0 atom stereocenters. The van der Waals surface area contributed by atoms with Crippen LogP contribution in [0.4, 0.5) is 5.69 Å². The van der Waals surface area contributed by atoms with Crippen LogP contribution in [0.3, 0.4) is 0 Å². The van der Waals surface area contributed by atoms with Crippen molar-refractivity contribution in [3.05, 3.63) is 65.2 Å². The van der Waals surface area contributed by atoms with Crippen LogP contribution in [0, 0.1) is 19.3 Å². The molecule has 1 aliphatic rings. The maximum atomic E-state index is 11.0. The van der Waals surface area contributed by atoms with Crippen molar-refractivity contribution in [3.63, 3.8) is 0 Å². The number of imidazole rings is 1. The van der Waals surface area contributed by atoms with Crippen molar-refractivity contribution >= 4 is 28.1 Å². The van der Waals surface area contributed by atoms with Gasteiger partial charge in [-0.1, -0.05) is 24.3 Å². The van der Waals surface area contributed by atoms with Gasteiger partial charge in [-0.15, -0.1) is 0 Å². The summed E-state index contributed by atoms with van der Waals surface area (Å²) in [6, 6.07) is 13.9. The number of hydrogen-bond donors (Lipinski definition) is 3. The molecule has 26 heavy (non-hydrogen) atoms. The highest BCUT2D eigenvalue weighted by molar-refractivity contribution is 6.31. The molecule has 0 radical (unpaired) electrons. The summed E-state index contributed by atoms with van der Waals surface area (Å²) in [5.74, 6) is 0.928. The molecule has 5 heteroatoms. The minimum Gasteiger partial charge on any atom is -0.509 e. The summed E-state index contributed by atoms with van der Waals surface area (Å²) in [6.45, 7) is 7.90. The third kappa shape index (κ3) is 2.24. The van der Waals surface area contributed by atoms with E-state index in [1.54, 1.807) is 0 Å². The number of H-pyrrole nitrogens is 1. The highest BCUT2D eigenvalue weighted by Crippen LogP contribution is 2.42. The van der Waals surface area contributed by atoms with Crippen molar-refractivity contribution in [2.75, 3.05) is 4.90 Å². The number of anilines is 1. The standard InChI is InChI=1S/C21H22N4O/c1-12-9-10-13(2)16(11-12)25-19(22)17(18(26)21(25,3)4)20-23-14-7-5-6-8-15(14)24-20/h5-11,22,26H,1-4H3,(H,23,24). The predicted octanol–water partition coefficient (Wildman–Crippen LogP) is 4.72. The van der Waals surface area contributed by atoms with Gasteiger partial charge < -0.3 is 15.0 Å². The lowest BCUT2D eigenvalue weighted by Gasteiger charge is -2.34. The van der Waals surface area contributed by atoms with Gasteiger partial charge >= 0.3 is 0 Å². The summed E-state index contributed by atoms with van der Waals surface area (Å²) >= 11 is 0. The van der Waals surface area contributed by atoms with Gasteiger partial charge in [0.15, 0.2) is 0 Å². The van der Waals surface area contributed by atoms with Crippen molar-refractivity contribution < 1.29 is 5.11 Å². The number of hydrogen-bond acceptors (Lipinski definition) is 3. The summed E-state index contributed by atoms with van der Waals surface area (Å²) < 4.78 is 0. The van der Waals surface area contributed by atoms with E-state index in [9.17, 15) is 5.11 Å². The van der Waals surface area contributed by atoms with Crippen molar-refractivity contribution in [2.45, 2.75) is 33.2 Å². The van der Waals surface area contributed by atoms with Gasteiger partial charge in [-0.05, 0) is 57.0 Å². The Morgan fingerprint density at radius 3 is 2.58 bits per heavy atom. The van der Waals surface area contributed by atoms with Gasteiger partial charge in [0.1, 0.15) is 17.4 Å². The van der Waals surface area contributed by atoms with Gasteiger partial charge in [-0.25, -0.2) is 4.98 Å². The van der Waals surface area contributed by atoms with E-state index in [0.29, 0.717) is 11.4 Å². The largest absolute Gasteiger partial charge is 0.509 e. The van der Waals surface area contributed by atoms with Crippen LogP contribution < -0.4 is 4.90 Å². The summed E-state index contributed by atoms with van der Waals surface area (Å²) in [7, 11) is 0. The molecule has 2 heterocycles. The number of nitrogens with one attached hydrogen (secondary N) is 2. The second kappa shape index (κ2) is 5.46. The molecule has 1 aromatic heterocycles. The van der Waals surface area contributed by atoms with Crippen LogP contribution in [0.25, 0.3) is 16.6 Å². The number of nitrogens with zero attached hydrogens (tertiary/aromatic N) is 2. The van der Waals surface area contributed by atoms with Gasteiger partial charge in [-0.3, -0.25) is 5.41 Å². The first-order valence-electron chi connectivity index (χ1n) is 8.66. The SMILES string of the molecule is Cc1ccc(C)c(N2C(=N)C(c3nc4ccccc4[nH]3)=C(O)C2(C)C)c1. The molecule has 0 fully saturated rings. The molecule has 0 aliphatic carbocycles. The minimum atomic E-state index is -0.732. The Labute approximate surface area is 152 Å². The average Bonchev–Trinajstić information content (AvgIpc) is 3.07. The van der Waals surface area contributed by atoms with Crippen LogP contribution in [0.2, 0.25) is 0 Å². The van der Waals surface area contributed by atoms with E-state index in [1.165, 1.54) is 0 Å². The molecular formula is C21H22N4O. The third-order valence-corrected chi connectivity index (χ3v) is 5.07. The molecule has 5 nitrogen and oxygen atoms in total. The smallest absolute Gasteiger partial charge is 0.145 e. The number of amidine groups is 1. The highest BCUT2D eigenvalue weighted by Gasteiger charge is 2.46. The number of benzene rings is 2. The number of rotatable bonds is 2. The van der Waals surface area contributed by atoms with E-state index in [0.717, 1.165) is 27.8 Å². The lowest BCUT2D eigenvalue weighted by Crippen LogP contribution is -2.44. The number of aliphatic hydroxyl groups excluding tert-OH is 1. The first kappa shape index (κ1) is 16.4. The van der Waals surface area contributed by atoms with E-state index in [4.69, 9.17) is 5.41 Å². The quantitative estimate of drug-likeness (QED) is 0.628. The molecule has 0 unspecified atom stereocenters. The molecule has 0 amide bonds. The van der Waals surface area contributed by atoms with Crippen LogP contribution in [-0.2, 0) is 0 Å². The maximum absolute atomic E-state index is 11.0. The van der Waals surface area contributed by atoms with Crippen molar-refractivity contribution in [1.82, 2.24) is 9.97 Å². The Morgan fingerprint density at radius 1 is 1.12 bits per heavy atom. The molecule has 3 N–H and O–H groups in total. The fraction of sp³-hybridized carbons (Fsp3) is 0.238. The zero-order valence-electron chi connectivity index (χ0n) is 15.4. The molecule has 0 bridgehead atoms. The van der Waals surface area contributed by atoms with E-state index < -0.39 is 5.54 Å². The predicted molar refractivity (Wildman–Crippen MR) is 106 cm³/mol. The molecule has 0 spiro atoms. The van der Waals surface area contributed by atoms with Crippen molar-refractivity contribution in [3.8, 4) is 0 Å². The molecule has 3 aromatic rings. The first-order valence-corrected chi connectivity index (χ1v) is 8.66. The van der Waals surface area contributed by atoms with E-state index in [2.05, 4.69) is 22.1 Å². The van der Waals surface area contributed by atoms with Crippen LogP contribution in [0.1, 0.15) is 30.8 Å². The summed E-state index contributed by atoms with van der Waals surface area (Å²) in [5, 5.41) is 19.8. The molecule has 4 rings (SSSR count). The number of aliphatic hydroxyl groups is 1. The first-order chi connectivity index (χ1) is 12.3. The zero-order valence-corrected chi connectivity index (χ0v) is 15.4. The normalized spacial score (nSPS) is 16.8. The van der Waals surface area contributed by atoms with Crippen LogP contribution >= 0.6 is 0 Å². The number of aromatic nitrogens is 2. The van der Waals surface area contributed by atoms with Gasteiger partial charge in [0.2, 0.25) is 0 Å². The highest BCUT2D eigenvalue weighted by atomic mass is 16.3. The van der Waals surface area contributed by atoms with E-state index in [1.807, 2.05) is 62.9 Å². The number of aryl methyl sites for hydroxylation is 2. The average molecular weight is 346 g/mol. The third-order valence-electron chi connectivity index (χ3n) is 5.07. The number of para-hydroxylation sites is 2. The molecule has 1 aliphatic heterocycles. The molecule has 2 aromatic carbocycles. The number of aromatic amines is 1. The number of fused-ring (bicyclic) bond motifs is 1. The maximum Gasteiger partial charge on any atom is 0.145 e. The minimum absolute atomic E-state index is 0.155. The second-order valence-electron chi connectivity index (χ2n) is 7.36. The van der Waals surface area contributed by atoms with Gasteiger partial charge in [0.05, 0.1) is 22.1 Å². The van der Waals surface area contributed by atoms with E-state index in [-0.39, 0.29) is 11.6 Å². The summed E-state index contributed by atoms with van der Waals surface area (Å²) in [4.78, 5) is 9.71. The fourth-order valence-electron chi connectivity index (χ4n) is 3.59. The van der Waals surface area contributed by atoms with E-state index >= 15 is 0 Å². The lowest BCUT2D eigenvalue weighted by molar-refractivity contribution is 0.333. The topological polar surface area (TPSA) is 76.0 Å². The fourth-order valence-corrected chi connectivity index (χ4v) is 3.59. The van der Waals surface area contributed by atoms with Gasteiger partial charge in [-0.2, -0.15) is 0 Å². The second-order valence-corrected chi connectivity index (χ2v) is 7.36. The van der Waals surface area contributed by atoms with Gasteiger partial charge in [0.25, 0.3) is 0 Å². The summed E-state index contributed by atoms with van der Waals surface area (Å²) in [6.07, 6.45) is 0. The lowest BCUT2D eigenvalue weighted by atomic mass is 10.00. The van der Waals surface area contributed by atoms with Crippen molar-refractivity contribution in [2.24, 2.45) is 0 Å². The zero-order chi connectivity index (χ0) is 18.6. The van der Waals surface area contributed by atoms with Crippen molar-refractivity contribution in [1.29, 1.82) is 5.41 Å². The molecule has 0 saturated heterocycles. The Hall–Kier alpha value is -3.08. The molecule has 132 valence electrons. The van der Waals surface area contributed by atoms with Crippen LogP contribution in [-0.4, -0.2) is 26.4 Å².